The lowest BCUT2D eigenvalue weighted by Gasteiger charge is -2.36. The predicted molar refractivity (Wildman–Crippen MR) is 182 cm³/mol. The number of nitrogens with zero attached hydrogens (tertiary/aromatic N) is 5. The van der Waals surface area contributed by atoms with E-state index in [0.717, 1.165) is 69.3 Å². The van der Waals surface area contributed by atoms with E-state index in [-0.39, 0.29) is 34.1 Å². The van der Waals surface area contributed by atoms with Gasteiger partial charge >= 0.3 is 5.97 Å². The van der Waals surface area contributed by atoms with E-state index < -0.39 is 11.5 Å². The molecule has 3 aromatic rings. The number of carbonyl (C=O) groups excluding carboxylic acids is 1. The van der Waals surface area contributed by atoms with Crippen molar-refractivity contribution in [1.82, 2.24) is 24.5 Å². The second kappa shape index (κ2) is 10.4. The van der Waals surface area contributed by atoms with Crippen molar-refractivity contribution in [1.29, 1.82) is 0 Å². The number of carbonyl (C=O) groups is 1. The van der Waals surface area contributed by atoms with Gasteiger partial charge in [0.15, 0.2) is 13.7 Å². The molecule has 15 heteroatoms. The highest BCUT2D eigenvalue weighted by molar-refractivity contribution is 7.97. The van der Waals surface area contributed by atoms with Crippen molar-refractivity contribution in [3.63, 3.8) is 0 Å². The molecule has 0 radical (unpaired) electrons. The summed E-state index contributed by atoms with van der Waals surface area (Å²) in [7, 11) is 3.48. The lowest BCUT2D eigenvalue weighted by molar-refractivity contribution is -0.358. The first-order valence-corrected chi connectivity index (χ1v) is 17.5. The van der Waals surface area contributed by atoms with Crippen LogP contribution in [-0.2, 0) is 0 Å². The van der Waals surface area contributed by atoms with Crippen molar-refractivity contribution in [3.8, 4) is 11.7 Å². The number of fused-ring (bicyclic) bond motifs is 7. The van der Waals surface area contributed by atoms with Crippen LogP contribution >= 0.6 is 11.9 Å². The molecule has 47 heavy (non-hydrogen) atoms. The Morgan fingerprint density at radius 2 is 1.81 bits per heavy atom. The molecule has 3 saturated carbocycles. The van der Waals surface area contributed by atoms with Gasteiger partial charge in [-0.3, -0.25) is 9.52 Å². The van der Waals surface area contributed by atoms with Crippen LogP contribution < -0.4 is 25.1 Å². The van der Waals surface area contributed by atoms with Crippen molar-refractivity contribution in [3.05, 3.63) is 42.1 Å². The Labute approximate surface area is 280 Å². The van der Waals surface area contributed by atoms with Crippen molar-refractivity contribution in [2.24, 2.45) is 22.7 Å². The molecule has 246 valence electrons. The van der Waals surface area contributed by atoms with E-state index in [1.807, 2.05) is 20.0 Å². The molecule has 2 unspecified atom stereocenters. The number of hydrogen-bond acceptors (Lipinski definition) is 11. The van der Waals surface area contributed by atoms with Crippen LogP contribution in [0.1, 0.15) is 69.2 Å². The zero-order chi connectivity index (χ0) is 33.0. The smallest absolute Gasteiger partial charge is 0.345 e. The Kier molecular flexibility index (Phi) is 6.85. The lowest BCUT2D eigenvalue weighted by atomic mass is 9.73. The van der Waals surface area contributed by atoms with Gasteiger partial charge in [0, 0.05) is 48.8 Å². The summed E-state index contributed by atoms with van der Waals surface area (Å²) >= 11 is 1.17. The fourth-order valence-electron chi connectivity index (χ4n) is 8.98. The number of hydrogen-bond donors (Lipinski definition) is 5. The second-order valence-electron chi connectivity index (χ2n) is 15.2. The molecule has 3 aliphatic carbocycles. The van der Waals surface area contributed by atoms with Crippen LogP contribution in [0.4, 0.5) is 11.6 Å². The molecule has 2 atom stereocenters. The molecule has 1 amide bonds. The minimum Gasteiger partial charge on any atom is -0.418 e. The van der Waals surface area contributed by atoms with Gasteiger partial charge in [-0.15, -0.1) is 5.10 Å². The van der Waals surface area contributed by atoms with Crippen LogP contribution in [0.2, 0.25) is 0 Å². The van der Waals surface area contributed by atoms with Gasteiger partial charge in [-0.25, -0.2) is 14.6 Å². The maximum atomic E-state index is 13.7. The van der Waals surface area contributed by atoms with Crippen molar-refractivity contribution < 1.29 is 24.9 Å². The summed E-state index contributed by atoms with van der Waals surface area (Å²) in [6.07, 6.45) is 8.63. The van der Waals surface area contributed by atoms with E-state index in [9.17, 15) is 20.1 Å². The third kappa shape index (κ3) is 4.95. The summed E-state index contributed by atoms with van der Waals surface area (Å²) < 4.78 is 10.0. The molecule has 2 spiro atoms. The molecule has 4 fully saturated rings. The van der Waals surface area contributed by atoms with Crippen molar-refractivity contribution in [2.75, 3.05) is 23.3 Å². The third-order valence-corrected chi connectivity index (χ3v) is 12.3. The predicted octanol–water partition coefficient (Wildman–Crippen LogP) is 0.697. The van der Waals surface area contributed by atoms with Crippen LogP contribution in [0.25, 0.3) is 5.82 Å². The zero-order valence-corrected chi connectivity index (χ0v) is 28.1. The van der Waals surface area contributed by atoms with Crippen LogP contribution in [-0.4, -0.2) is 86.8 Å². The molecular formula is C32H41B2N7O5S. The van der Waals surface area contributed by atoms with E-state index in [1.165, 1.54) is 30.5 Å². The molecule has 1 saturated heterocycles. The molecule has 8 rings (SSSR count). The van der Waals surface area contributed by atoms with Gasteiger partial charge in [0.25, 0.3) is 5.91 Å². The first-order valence-electron chi connectivity index (χ1n) is 16.7. The van der Waals surface area contributed by atoms with E-state index in [4.69, 9.17) is 14.7 Å². The number of ether oxygens (including phenoxy) is 1. The summed E-state index contributed by atoms with van der Waals surface area (Å²) in [6, 6.07) is 8.86. The zero-order valence-electron chi connectivity index (χ0n) is 27.3. The number of aliphatic hydroxyl groups is 3. The maximum Gasteiger partial charge on any atom is 0.345 e. The van der Waals surface area contributed by atoms with Crippen LogP contribution in [0.5, 0.6) is 5.88 Å². The average Bonchev–Trinajstić information content (AvgIpc) is 3.97. The van der Waals surface area contributed by atoms with Crippen LogP contribution in [0.15, 0.2) is 41.6 Å². The number of anilines is 2. The molecule has 2 aliphatic heterocycles. The number of rotatable bonds is 5. The molecule has 5 N–H and O–H groups in total. The van der Waals surface area contributed by atoms with E-state index >= 15 is 0 Å². The normalized spacial score (nSPS) is 25.2. The van der Waals surface area contributed by atoms with E-state index in [1.54, 1.807) is 18.3 Å². The minimum absolute atomic E-state index is 0.0256. The van der Waals surface area contributed by atoms with Crippen LogP contribution in [0, 0.1) is 22.7 Å². The highest BCUT2D eigenvalue weighted by atomic mass is 32.2. The fraction of sp³-hybridized carbons (Fsp3) is 0.562. The highest BCUT2D eigenvalue weighted by Gasteiger charge is 2.91. The summed E-state index contributed by atoms with van der Waals surface area (Å²) in [4.78, 5) is 25.6. The first-order chi connectivity index (χ1) is 22.3. The van der Waals surface area contributed by atoms with Gasteiger partial charge in [0.2, 0.25) is 5.88 Å². The molecule has 5 heterocycles. The summed E-state index contributed by atoms with van der Waals surface area (Å²) in [5, 5.41) is 42.1. The monoisotopic (exact) mass is 657 g/mol. The Morgan fingerprint density at radius 3 is 2.53 bits per heavy atom. The standard InChI is InChI=1S/C32H41B2N7O5S/c1-28(2)16-18-4-3-14-35-24-20(33)6-8-23(37-24)47-39-26(42)19-5-7-21(36-25(19)40(28)17-18)41-15-9-22(38-41)46-32(44,45)31(34,43)27-29(10-11-29)30(27)12-13-30/h5-9,15,18,27,43-45H,3-4,10-14,16-17,33-34H2,1-2H3,(H,35,37)(H,39,42). The number of pyridine rings is 2. The Hall–Kier alpha value is -3.26. The summed E-state index contributed by atoms with van der Waals surface area (Å²) in [5.41, 5.74) is -0.556. The van der Waals surface area contributed by atoms with Gasteiger partial charge in [-0.05, 0) is 99.2 Å². The number of amides is 1. The molecule has 3 aromatic heterocycles. The summed E-state index contributed by atoms with van der Waals surface area (Å²) in [6.45, 7) is 5.94. The SMILES string of the molecule is Bc1ccc2nc1NCCCC1CN(c3nc(-n4ccc(OC(O)(O)C(B)(O)C5C6(CC6)C56CC6)n4)ccc3C(=O)NS2)C(C)(C)C1. The molecule has 5 aliphatic rings. The summed E-state index contributed by atoms with van der Waals surface area (Å²) in [5.74, 6) is -1.14. The van der Waals surface area contributed by atoms with Gasteiger partial charge in [-0.2, -0.15) is 0 Å². The topological polar surface area (TPSA) is 158 Å². The maximum absolute atomic E-state index is 13.7. The quantitative estimate of drug-likeness (QED) is 0.150. The van der Waals surface area contributed by atoms with E-state index in [0.29, 0.717) is 28.1 Å². The third-order valence-electron chi connectivity index (χ3n) is 11.6. The lowest BCUT2D eigenvalue weighted by Crippen LogP contribution is -2.61. The average molecular weight is 657 g/mol. The van der Waals surface area contributed by atoms with Crippen molar-refractivity contribution in [2.45, 2.75) is 80.8 Å². The fourth-order valence-corrected chi connectivity index (χ4v) is 9.56. The Morgan fingerprint density at radius 1 is 1.06 bits per heavy atom. The first kappa shape index (κ1) is 31.0. The van der Waals surface area contributed by atoms with Gasteiger partial charge < -0.3 is 30.3 Å². The Balaban J connectivity index is 1.08. The van der Waals surface area contributed by atoms with Gasteiger partial charge in [-0.1, -0.05) is 6.07 Å². The van der Waals surface area contributed by atoms with Crippen molar-refractivity contribution >= 4 is 50.6 Å². The van der Waals surface area contributed by atoms with Crippen LogP contribution in [0.3, 0.4) is 0 Å². The van der Waals surface area contributed by atoms with Gasteiger partial charge in [0.1, 0.15) is 30.0 Å². The minimum atomic E-state index is -2.82. The molecule has 0 aromatic carbocycles. The van der Waals surface area contributed by atoms with E-state index in [2.05, 4.69) is 33.9 Å². The second-order valence-corrected chi connectivity index (χ2v) is 16.0. The number of aromatic nitrogens is 4. The van der Waals surface area contributed by atoms with Gasteiger partial charge in [0.05, 0.1) is 5.56 Å². The molecule has 12 nitrogen and oxygen atoms in total. The largest absolute Gasteiger partial charge is 0.418 e. The Bertz CT molecular complexity index is 1740. The number of nitrogens with one attached hydrogen (secondary N) is 2. The highest BCUT2D eigenvalue weighted by Crippen LogP contribution is 2.94. The molecule has 4 bridgehead atoms. The molecular weight excluding hydrogens is 616 g/mol.